The Kier molecular flexibility index (Phi) is 3.91. The highest BCUT2D eigenvalue weighted by molar-refractivity contribution is 9.10. The summed E-state index contributed by atoms with van der Waals surface area (Å²) in [6, 6.07) is 3.93. The van der Waals surface area contributed by atoms with Crippen LogP contribution in [0.3, 0.4) is 0 Å². The summed E-state index contributed by atoms with van der Waals surface area (Å²) in [6.07, 6.45) is 5.55. The van der Waals surface area contributed by atoms with Crippen molar-refractivity contribution in [1.29, 1.82) is 0 Å². The molecule has 0 N–H and O–H groups in total. The summed E-state index contributed by atoms with van der Waals surface area (Å²) in [7, 11) is 0. The molecule has 1 amide bonds. The molecule has 0 aliphatic carbocycles. The van der Waals surface area contributed by atoms with Gasteiger partial charge in [-0.1, -0.05) is 0 Å². The van der Waals surface area contributed by atoms with Crippen LogP contribution in [0.25, 0.3) is 5.65 Å². The van der Waals surface area contributed by atoms with Gasteiger partial charge in [-0.2, -0.15) is 0 Å². The average Bonchev–Trinajstić information content (AvgIpc) is 3.00. The van der Waals surface area contributed by atoms with E-state index in [0.29, 0.717) is 6.54 Å². The highest BCUT2D eigenvalue weighted by Gasteiger charge is 2.44. The van der Waals surface area contributed by atoms with E-state index in [1.54, 1.807) is 0 Å². The molecule has 2 aromatic heterocycles. The normalized spacial score (nSPS) is 21.9. The number of ether oxygens (including phenoxy) is 1. The quantitative estimate of drug-likeness (QED) is 0.739. The number of halogens is 1. The lowest BCUT2D eigenvalue weighted by atomic mass is 9.95. The van der Waals surface area contributed by atoms with Gasteiger partial charge in [0.05, 0.1) is 11.2 Å². The van der Waals surface area contributed by atoms with Gasteiger partial charge in [0.2, 0.25) is 0 Å². The predicted octanol–water partition coefficient (Wildman–Crippen LogP) is 4.34. The van der Waals surface area contributed by atoms with Crippen molar-refractivity contribution in [1.82, 2.24) is 14.3 Å². The Balaban J connectivity index is 1.95. The van der Waals surface area contributed by atoms with Gasteiger partial charge in [0.1, 0.15) is 11.2 Å². The molecule has 6 heteroatoms. The van der Waals surface area contributed by atoms with E-state index in [1.807, 2.05) is 54.6 Å². The first-order valence-corrected chi connectivity index (χ1v) is 8.64. The van der Waals surface area contributed by atoms with Gasteiger partial charge in [-0.3, -0.25) is 4.90 Å². The fourth-order valence-corrected chi connectivity index (χ4v) is 3.42. The molecule has 1 fully saturated rings. The molecule has 3 heterocycles. The summed E-state index contributed by atoms with van der Waals surface area (Å²) in [5.41, 5.74) is 0.852. The molecule has 0 spiro atoms. The number of fused-ring (bicyclic) bond motifs is 1. The molecule has 3 rings (SSSR count). The number of hydrogen-bond acceptors (Lipinski definition) is 3. The van der Waals surface area contributed by atoms with Crippen molar-refractivity contribution in [2.75, 3.05) is 6.54 Å². The van der Waals surface area contributed by atoms with Gasteiger partial charge in [-0.15, -0.1) is 0 Å². The molecule has 0 aromatic carbocycles. The van der Waals surface area contributed by atoms with Gasteiger partial charge in [-0.05, 0) is 68.6 Å². The third-order valence-electron chi connectivity index (χ3n) is 4.22. The lowest BCUT2D eigenvalue weighted by molar-refractivity contribution is 0.00935. The van der Waals surface area contributed by atoms with Crippen LogP contribution < -0.4 is 0 Å². The summed E-state index contributed by atoms with van der Waals surface area (Å²) >= 11 is 3.47. The zero-order chi connectivity index (χ0) is 16.8. The lowest BCUT2D eigenvalue weighted by Gasteiger charge is -2.35. The Morgan fingerprint density at radius 2 is 2.09 bits per heavy atom. The molecule has 0 bridgehead atoms. The number of carbonyl (C=O) groups is 1. The van der Waals surface area contributed by atoms with Crippen molar-refractivity contribution in [3.8, 4) is 0 Å². The maximum absolute atomic E-state index is 12.6. The van der Waals surface area contributed by atoms with Crippen molar-refractivity contribution < 1.29 is 9.53 Å². The second-order valence-corrected chi connectivity index (χ2v) is 8.16. The van der Waals surface area contributed by atoms with E-state index in [-0.39, 0.29) is 6.09 Å². The first kappa shape index (κ1) is 16.3. The number of aromatic nitrogens is 2. The SMILES string of the molecule is CC(C)(C)OC(=O)N1CCC[C@]1(C)c1cn2cc(Br)ccc2n1. The topological polar surface area (TPSA) is 46.8 Å². The zero-order valence-electron chi connectivity index (χ0n) is 14.0. The molecule has 1 aliphatic heterocycles. The molecule has 0 saturated carbocycles. The molecule has 124 valence electrons. The Hall–Kier alpha value is -1.56. The number of nitrogens with zero attached hydrogens (tertiary/aromatic N) is 3. The fraction of sp³-hybridized carbons (Fsp3) is 0.529. The second-order valence-electron chi connectivity index (χ2n) is 7.25. The van der Waals surface area contributed by atoms with Gasteiger partial charge < -0.3 is 9.14 Å². The molecule has 0 radical (unpaired) electrons. The van der Waals surface area contributed by atoms with E-state index in [1.165, 1.54) is 0 Å². The molecule has 2 aromatic rings. The van der Waals surface area contributed by atoms with Crippen LogP contribution >= 0.6 is 15.9 Å². The average molecular weight is 380 g/mol. The van der Waals surface area contributed by atoms with Crippen LogP contribution in [0, 0.1) is 0 Å². The standard InChI is InChI=1S/C17H22BrN3O2/c1-16(2,3)23-15(22)21-9-5-8-17(21,4)13-11-20-10-12(18)6-7-14(20)19-13/h6-7,10-11H,5,8-9H2,1-4H3/t17-/m1/s1. The molecular formula is C17H22BrN3O2. The molecule has 1 saturated heterocycles. The highest BCUT2D eigenvalue weighted by atomic mass is 79.9. The number of likely N-dealkylation sites (tertiary alicyclic amines) is 1. The van der Waals surface area contributed by atoms with Crippen LogP contribution in [0.5, 0.6) is 0 Å². The fourth-order valence-electron chi connectivity index (χ4n) is 3.06. The van der Waals surface area contributed by atoms with Crippen LogP contribution in [0.4, 0.5) is 4.79 Å². The van der Waals surface area contributed by atoms with Crippen molar-refractivity contribution in [3.05, 3.63) is 34.7 Å². The van der Waals surface area contributed by atoms with E-state index in [9.17, 15) is 4.79 Å². The maximum Gasteiger partial charge on any atom is 0.411 e. The van der Waals surface area contributed by atoms with Gasteiger partial charge >= 0.3 is 6.09 Å². The number of imidazole rings is 1. The third-order valence-corrected chi connectivity index (χ3v) is 4.69. The van der Waals surface area contributed by atoms with Gasteiger partial charge in [-0.25, -0.2) is 9.78 Å². The Bertz CT molecular complexity index is 750. The number of rotatable bonds is 1. The van der Waals surface area contributed by atoms with Gasteiger partial charge in [0.15, 0.2) is 0 Å². The van der Waals surface area contributed by atoms with Crippen molar-refractivity contribution in [2.45, 2.75) is 51.7 Å². The molecule has 0 unspecified atom stereocenters. The minimum Gasteiger partial charge on any atom is -0.444 e. The van der Waals surface area contributed by atoms with Crippen LogP contribution in [0.15, 0.2) is 29.0 Å². The van der Waals surface area contributed by atoms with E-state index in [0.717, 1.165) is 28.7 Å². The first-order valence-electron chi connectivity index (χ1n) is 7.84. The molecule has 1 aliphatic rings. The van der Waals surface area contributed by atoms with Crippen LogP contribution in [-0.2, 0) is 10.3 Å². The minimum atomic E-state index is -0.496. The Labute approximate surface area is 144 Å². The largest absolute Gasteiger partial charge is 0.444 e. The van der Waals surface area contributed by atoms with E-state index in [2.05, 4.69) is 22.9 Å². The maximum atomic E-state index is 12.6. The summed E-state index contributed by atoms with van der Waals surface area (Å²) in [5.74, 6) is 0. The number of carbonyl (C=O) groups excluding carboxylic acids is 1. The van der Waals surface area contributed by atoms with E-state index < -0.39 is 11.1 Å². The Morgan fingerprint density at radius 3 is 2.78 bits per heavy atom. The molecular weight excluding hydrogens is 358 g/mol. The van der Waals surface area contributed by atoms with Crippen molar-refractivity contribution in [3.63, 3.8) is 0 Å². The van der Waals surface area contributed by atoms with Gasteiger partial charge in [0.25, 0.3) is 0 Å². The number of hydrogen-bond donors (Lipinski definition) is 0. The summed E-state index contributed by atoms with van der Waals surface area (Å²) in [5, 5.41) is 0. The Morgan fingerprint density at radius 1 is 1.35 bits per heavy atom. The summed E-state index contributed by atoms with van der Waals surface area (Å²) in [6.45, 7) is 8.44. The van der Waals surface area contributed by atoms with Crippen LogP contribution in [0.1, 0.15) is 46.2 Å². The summed E-state index contributed by atoms with van der Waals surface area (Å²) < 4.78 is 8.55. The molecule has 1 atom stereocenters. The van der Waals surface area contributed by atoms with Gasteiger partial charge in [0, 0.05) is 23.4 Å². The minimum absolute atomic E-state index is 0.268. The monoisotopic (exact) mass is 379 g/mol. The number of pyridine rings is 1. The van der Waals surface area contributed by atoms with Crippen LogP contribution in [-0.4, -0.2) is 32.5 Å². The second kappa shape index (κ2) is 5.51. The van der Waals surface area contributed by atoms with E-state index in [4.69, 9.17) is 9.72 Å². The highest BCUT2D eigenvalue weighted by Crippen LogP contribution is 2.39. The predicted molar refractivity (Wildman–Crippen MR) is 92.4 cm³/mol. The lowest BCUT2D eigenvalue weighted by Crippen LogP contribution is -2.45. The smallest absolute Gasteiger partial charge is 0.411 e. The van der Waals surface area contributed by atoms with E-state index >= 15 is 0 Å². The number of amides is 1. The third kappa shape index (κ3) is 3.09. The van der Waals surface area contributed by atoms with Crippen molar-refractivity contribution >= 4 is 27.7 Å². The first-order chi connectivity index (χ1) is 10.7. The molecule has 5 nitrogen and oxygen atoms in total. The van der Waals surface area contributed by atoms with Crippen LogP contribution in [0.2, 0.25) is 0 Å². The van der Waals surface area contributed by atoms with Crippen molar-refractivity contribution in [2.24, 2.45) is 0 Å². The molecule has 23 heavy (non-hydrogen) atoms. The zero-order valence-corrected chi connectivity index (χ0v) is 15.6. The summed E-state index contributed by atoms with van der Waals surface area (Å²) in [4.78, 5) is 19.1.